The van der Waals surface area contributed by atoms with Gasteiger partial charge in [-0.2, -0.15) is 0 Å². The molecule has 0 aliphatic carbocycles. The van der Waals surface area contributed by atoms with E-state index in [2.05, 4.69) is 36.4 Å². The molecule has 18 heavy (non-hydrogen) atoms. The molecule has 0 radical (unpaired) electrons. The summed E-state index contributed by atoms with van der Waals surface area (Å²) in [6.45, 7) is 0.686. The molecule has 2 N–H and O–H groups in total. The molecule has 2 nitrogen and oxygen atoms in total. The van der Waals surface area contributed by atoms with Crippen LogP contribution in [0.25, 0.3) is 0 Å². The van der Waals surface area contributed by atoms with Crippen molar-refractivity contribution in [3.63, 3.8) is 0 Å². The van der Waals surface area contributed by atoms with Gasteiger partial charge >= 0.3 is 0 Å². The van der Waals surface area contributed by atoms with Crippen molar-refractivity contribution in [3.8, 4) is 5.75 Å². The van der Waals surface area contributed by atoms with Crippen LogP contribution in [0.3, 0.4) is 0 Å². The van der Waals surface area contributed by atoms with E-state index in [9.17, 15) is 0 Å². The molecule has 0 saturated heterocycles. The Balaban J connectivity index is 2.29. The average molecular weight is 241 g/mol. The number of hydrogen-bond acceptors (Lipinski definition) is 2. The third-order valence-corrected chi connectivity index (χ3v) is 3.18. The van der Waals surface area contributed by atoms with E-state index in [-0.39, 0.29) is 0 Å². The van der Waals surface area contributed by atoms with Gasteiger partial charge < -0.3 is 10.5 Å². The molecule has 0 aliphatic heterocycles. The lowest BCUT2D eigenvalue weighted by Crippen LogP contribution is -2.08. The summed E-state index contributed by atoms with van der Waals surface area (Å²) < 4.78 is 5.19. The van der Waals surface area contributed by atoms with Crippen LogP contribution in [0.1, 0.15) is 23.5 Å². The van der Waals surface area contributed by atoms with Crippen LogP contribution < -0.4 is 10.5 Å². The van der Waals surface area contributed by atoms with Crippen molar-refractivity contribution >= 4 is 0 Å². The van der Waals surface area contributed by atoms with Gasteiger partial charge in [0, 0.05) is 5.92 Å². The second-order valence-electron chi connectivity index (χ2n) is 4.31. The minimum Gasteiger partial charge on any atom is -0.497 e. The van der Waals surface area contributed by atoms with E-state index < -0.39 is 0 Å². The molecule has 0 heterocycles. The van der Waals surface area contributed by atoms with E-state index >= 15 is 0 Å². The van der Waals surface area contributed by atoms with Gasteiger partial charge in [0.2, 0.25) is 0 Å². The maximum absolute atomic E-state index is 5.74. The molecule has 0 aliphatic rings. The summed E-state index contributed by atoms with van der Waals surface area (Å²) >= 11 is 0. The van der Waals surface area contributed by atoms with Crippen molar-refractivity contribution in [3.05, 3.63) is 65.7 Å². The summed E-state index contributed by atoms with van der Waals surface area (Å²) in [6.07, 6.45) is 0.955. The van der Waals surface area contributed by atoms with Gasteiger partial charge in [-0.05, 0) is 36.2 Å². The fraction of sp³-hybridized carbons (Fsp3) is 0.250. The predicted octanol–water partition coefficient (Wildman–Crippen LogP) is 3.18. The van der Waals surface area contributed by atoms with Crippen LogP contribution in [-0.4, -0.2) is 13.7 Å². The summed E-state index contributed by atoms with van der Waals surface area (Å²) in [5.74, 6) is 1.25. The first-order valence-corrected chi connectivity index (χ1v) is 6.24. The van der Waals surface area contributed by atoms with E-state index in [0.717, 1.165) is 12.2 Å². The zero-order chi connectivity index (χ0) is 12.8. The standard InChI is InChI=1S/C16H19NO/c1-18-15-9-7-14(8-10-15)16(11-12-17)13-5-3-2-4-6-13/h2-10,16H,11-12,17H2,1H3/t16-/m0/s1. The smallest absolute Gasteiger partial charge is 0.118 e. The molecule has 2 aromatic rings. The van der Waals surface area contributed by atoms with Gasteiger partial charge in [0.1, 0.15) is 5.75 Å². The first-order chi connectivity index (χ1) is 8.85. The lowest BCUT2D eigenvalue weighted by Gasteiger charge is -2.17. The Labute approximate surface area is 108 Å². The normalized spacial score (nSPS) is 12.1. The highest BCUT2D eigenvalue weighted by molar-refractivity contribution is 5.35. The zero-order valence-corrected chi connectivity index (χ0v) is 10.7. The van der Waals surface area contributed by atoms with Gasteiger partial charge in [-0.1, -0.05) is 42.5 Å². The van der Waals surface area contributed by atoms with Crippen LogP contribution >= 0.6 is 0 Å². The number of hydrogen-bond donors (Lipinski definition) is 1. The summed E-state index contributed by atoms with van der Waals surface area (Å²) in [6, 6.07) is 18.7. The Morgan fingerprint density at radius 2 is 1.56 bits per heavy atom. The van der Waals surface area contributed by atoms with Crippen molar-refractivity contribution in [2.75, 3.05) is 13.7 Å². The SMILES string of the molecule is COc1ccc([C@@H](CCN)c2ccccc2)cc1. The van der Waals surface area contributed by atoms with Gasteiger partial charge in [0.05, 0.1) is 7.11 Å². The summed E-state index contributed by atoms with van der Waals surface area (Å²) in [7, 11) is 1.68. The highest BCUT2D eigenvalue weighted by Crippen LogP contribution is 2.28. The Morgan fingerprint density at radius 1 is 0.944 bits per heavy atom. The molecule has 1 atom stereocenters. The molecule has 2 rings (SSSR count). The Hall–Kier alpha value is -1.80. The zero-order valence-electron chi connectivity index (χ0n) is 10.7. The van der Waals surface area contributed by atoms with Gasteiger partial charge in [0.25, 0.3) is 0 Å². The van der Waals surface area contributed by atoms with Crippen LogP contribution in [-0.2, 0) is 0 Å². The van der Waals surface area contributed by atoms with E-state index in [1.165, 1.54) is 11.1 Å². The van der Waals surface area contributed by atoms with Crippen molar-refractivity contribution in [2.45, 2.75) is 12.3 Å². The van der Waals surface area contributed by atoms with Crippen molar-refractivity contribution in [1.29, 1.82) is 0 Å². The van der Waals surface area contributed by atoms with E-state index in [0.29, 0.717) is 12.5 Å². The van der Waals surface area contributed by atoms with Crippen LogP contribution in [0.2, 0.25) is 0 Å². The van der Waals surface area contributed by atoms with Crippen molar-refractivity contribution in [2.24, 2.45) is 5.73 Å². The summed E-state index contributed by atoms with van der Waals surface area (Å²) in [4.78, 5) is 0. The molecule has 0 aromatic heterocycles. The molecule has 0 bridgehead atoms. The van der Waals surface area contributed by atoms with Gasteiger partial charge in [-0.25, -0.2) is 0 Å². The van der Waals surface area contributed by atoms with Crippen LogP contribution in [0.15, 0.2) is 54.6 Å². The van der Waals surface area contributed by atoms with Gasteiger partial charge in [-0.3, -0.25) is 0 Å². The third kappa shape index (κ3) is 2.90. The topological polar surface area (TPSA) is 35.2 Å². The average Bonchev–Trinajstić information content (AvgIpc) is 2.46. The molecular weight excluding hydrogens is 222 g/mol. The molecule has 0 saturated carbocycles. The second kappa shape index (κ2) is 6.22. The fourth-order valence-electron chi connectivity index (χ4n) is 2.21. The molecule has 0 amide bonds. The lowest BCUT2D eigenvalue weighted by atomic mass is 9.88. The minimum atomic E-state index is 0.363. The third-order valence-electron chi connectivity index (χ3n) is 3.18. The predicted molar refractivity (Wildman–Crippen MR) is 75.0 cm³/mol. The Kier molecular flexibility index (Phi) is 4.37. The Bertz CT molecular complexity index is 464. The quantitative estimate of drug-likeness (QED) is 0.872. The number of benzene rings is 2. The summed E-state index contributed by atoms with van der Waals surface area (Å²) in [5.41, 5.74) is 8.33. The fourth-order valence-corrected chi connectivity index (χ4v) is 2.21. The number of ether oxygens (including phenoxy) is 1. The minimum absolute atomic E-state index is 0.363. The van der Waals surface area contributed by atoms with Crippen molar-refractivity contribution in [1.82, 2.24) is 0 Å². The molecular formula is C16H19NO. The van der Waals surface area contributed by atoms with Crippen LogP contribution in [0.4, 0.5) is 0 Å². The molecule has 0 fully saturated rings. The molecule has 2 heteroatoms. The van der Waals surface area contributed by atoms with E-state index in [4.69, 9.17) is 10.5 Å². The molecule has 94 valence electrons. The molecule has 0 spiro atoms. The van der Waals surface area contributed by atoms with Gasteiger partial charge in [0.15, 0.2) is 0 Å². The number of rotatable bonds is 5. The van der Waals surface area contributed by atoms with Crippen LogP contribution in [0, 0.1) is 0 Å². The first kappa shape index (κ1) is 12.7. The highest BCUT2D eigenvalue weighted by atomic mass is 16.5. The molecule has 0 unspecified atom stereocenters. The molecule has 2 aromatic carbocycles. The highest BCUT2D eigenvalue weighted by Gasteiger charge is 2.12. The number of methoxy groups -OCH3 is 1. The maximum atomic E-state index is 5.74. The first-order valence-electron chi connectivity index (χ1n) is 6.24. The maximum Gasteiger partial charge on any atom is 0.118 e. The van der Waals surface area contributed by atoms with E-state index in [1.54, 1.807) is 7.11 Å². The van der Waals surface area contributed by atoms with Gasteiger partial charge in [-0.15, -0.1) is 0 Å². The second-order valence-corrected chi connectivity index (χ2v) is 4.31. The number of nitrogens with two attached hydrogens (primary N) is 1. The van der Waals surface area contributed by atoms with E-state index in [1.807, 2.05) is 18.2 Å². The van der Waals surface area contributed by atoms with Crippen molar-refractivity contribution < 1.29 is 4.74 Å². The monoisotopic (exact) mass is 241 g/mol. The largest absolute Gasteiger partial charge is 0.497 e. The Morgan fingerprint density at radius 3 is 2.11 bits per heavy atom. The van der Waals surface area contributed by atoms with Crippen LogP contribution in [0.5, 0.6) is 5.75 Å². The lowest BCUT2D eigenvalue weighted by molar-refractivity contribution is 0.414. The summed E-state index contributed by atoms with van der Waals surface area (Å²) in [5, 5.41) is 0.